The molecule has 0 radical (unpaired) electrons. The van der Waals surface area contributed by atoms with Crippen LogP contribution in [0, 0.1) is 0 Å². The first kappa shape index (κ1) is 14.6. The van der Waals surface area contributed by atoms with E-state index in [0.717, 1.165) is 47.7 Å². The first-order valence-electron chi connectivity index (χ1n) is 6.86. The molecule has 5 nitrogen and oxygen atoms in total. The van der Waals surface area contributed by atoms with Crippen LogP contribution in [0.1, 0.15) is 17.7 Å². The lowest BCUT2D eigenvalue weighted by Crippen LogP contribution is -2.46. The van der Waals surface area contributed by atoms with Crippen LogP contribution in [0.3, 0.4) is 0 Å². The average molecular weight is 326 g/mol. The van der Waals surface area contributed by atoms with Crippen LogP contribution in [0.15, 0.2) is 18.3 Å². The van der Waals surface area contributed by atoms with Crippen molar-refractivity contribution < 1.29 is 9.90 Å². The van der Waals surface area contributed by atoms with Gasteiger partial charge >= 0.3 is 6.09 Å². The summed E-state index contributed by atoms with van der Waals surface area (Å²) in [4.78, 5) is 18.6. The highest BCUT2D eigenvalue weighted by Crippen LogP contribution is 2.31. The predicted octanol–water partition coefficient (Wildman–Crippen LogP) is 3.18. The largest absolute Gasteiger partial charge is 0.465 e. The maximum absolute atomic E-state index is 10.7. The molecule has 7 heteroatoms. The second kappa shape index (κ2) is 6.17. The van der Waals surface area contributed by atoms with Gasteiger partial charge in [-0.25, -0.2) is 4.79 Å². The minimum absolute atomic E-state index is 0.0207. The van der Waals surface area contributed by atoms with Gasteiger partial charge in [0.1, 0.15) is 0 Å². The van der Waals surface area contributed by atoms with Gasteiger partial charge in [-0.1, -0.05) is 11.6 Å². The van der Waals surface area contributed by atoms with E-state index in [1.807, 2.05) is 0 Å². The Kier molecular flexibility index (Phi) is 4.28. The zero-order valence-corrected chi connectivity index (χ0v) is 13.0. The number of halogens is 1. The van der Waals surface area contributed by atoms with Crippen LogP contribution in [-0.2, 0) is 6.54 Å². The monoisotopic (exact) mass is 325 g/mol. The number of carboxylic acid groups (broad SMARTS) is 1. The summed E-state index contributed by atoms with van der Waals surface area (Å²) < 4.78 is 1.02. The zero-order valence-electron chi connectivity index (χ0n) is 11.4. The van der Waals surface area contributed by atoms with Crippen molar-refractivity contribution in [1.82, 2.24) is 15.2 Å². The molecule has 21 heavy (non-hydrogen) atoms. The van der Waals surface area contributed by atoms with E-state index < -0.39 is 6.09 Å². The molecular weight excluding hydrogens is 310 g/mol. The molecule has 112 valence electrons. The summed E-state index contributed by atoms with van der Waals surface area (Å²) in [6, 6.07) is 3.89. The summed E-state index contributed by atoms with van der Waals surface area (Å²) in [5.41, 5.74) is 0.930. The second-order valence-corrected chi connectivity index (χ2v) is 6.79. The standard InChI is InChI=1S/C14H16ClN3O2S/c15-11-3-4-16-12-6-10(21-13(11)12)8-18-5-1-2-9(7-18)17-14(19)20/h3-4,6,9,17H,1-2,5,7-8H2,(H,19,20)/t9-/m1/s1. The highest BCUT2D eigenvalue weighted by atomic mass is 35.5. The van der Waals surface area contributed by atoms with E-state index in [1.54, 1.807) is 23.6 Å². The molecule has 1 amide bonds. The SMILES string of the molecule is O=C(O)N[C@@H]1CCCN(Cc2cc3nccc(Cl)c3s2)C1. The average Bonchev–Trinajstić information content (AvgIpc) is 2.82. The number of rotatable bonds is 3. The van der Waals surface area contributed by atoms with Gasteiger partial charge in [0.05, 0.1) is 15.2 Å². The van der Waals surface area contributed by atoms with Gasteiger partial charge in [-0.15, -0.1) is 11.3 Å². The molecule has 1 aliphatic heterocycles. The zero-order chi connectivity index (χ0) is 14.8. The molecule has 0 aromatic carbocycles. The number of amides is 1. The van der Waals surface area contributed by atoms with Crippen molar-refractivity contribution in [1.29, 1.82) is 0 Å². The summed E-state index contributed by atoms with van der Waals surface area (Å²) in [5.74, 6) is 0. The topological polar surface area (TPSA) is 65.5 Å². The van der Waals surface area contributed by atoms with E-state index in [-0.39, 0.29) is 6.04 Å². The highest BCUT2D eigenvalue weighted by molar-refractivity contribution is 7.19. The van der Waals surface area contributed by atoms with Crippen molar-refractivity contribution in [2.24, 2.45) is 0 Å². The van der Waals surface area contributed by atoms with Crippen LogP contribution in [-0.4, -0.2) is 40.2 Å². The van der Waals surface area contributed by atoms with E-state index in [4.69, 9.17) is 16.7 Å². The normalized spacial score (nSPS) is 19.8. The number of carbonyl (C=O) groups is 1. The molecule has 3 heterocycles. The van der Waals surface area contributed by atoms with Gasteiger partial charge in [-0.3, -0.25) is 9.88 Å². The molecule has 1 aliphatic rings. The number of nitrogens with one attached hydrogen (secondary N) is 1. The van der Waals surface area contributed by atoms with Crippen LogP contribution in [0.25, 0.3) is 10.2 Å². The molecule has 0 saturated carbocycles. The van der Waals surface area contributed by atoms with Crippen LogP contribution in [0.5, 0.6) is 0 Å². The minimum atomic E-state index is -0.945. The fourth-order valence-electron chi connectivity index (χ4n) is 2.75. The summed E-state index contributed by atoms with van der Waals surface area (Å²) in [6.07, 6.45) is 2.69. The van der Waals surface area contributed by atoms with Gasteiger partial charge in [0.25, 0.3) is 0 Å². The lowest BCUT2D eigenvalue weighted by molar-refractivity contribution is 0.160. The second-order valence-electron chi connectivity index (χ2n) is 5.24. The molecule has 1 fully saturated rings. The van der Waals surface area contributed by atoms with E-state index in [0.29, 0.717) is 0 Å². The van der Waals surface area contributed by atoms with E-state index >= 15 is 0 Å². The van der Waals surface area contributed by atoms with Crippen molar-refractivity contribution in [2.45, 2.75) is 25.4 Å². The molecule has 2 aromatic rings. The third-order valence-electron chi connectivity index (χ3n) is 3.63. The number of aromatic nitrogens is 1. The highest BCUT2D eigenvalue weighted by Gasteiger charge is 2.21. The van der Waals surface area contributed by atoms with Crippen molar-refractivity contribution in [3.8, 4) is 0 Å². The van der Waals surface area contributed by atoms with Crippen molar-refractivity contribution in [3.63, 3.8) is 0 Å². The predicted molar refractivity (Wildman–Crippen MR) is 84.1 cm³/mol. The lowest BCUT2D eigenvalue weighted by Gasteiger charge is -2.32. The first-order chi connectivity index (χ1) is 10.1. The number of hydrogen-bond donors (Lipinski definition) is 2. The Bertz CT molecular complexity index is 661. The quantitative estimate of drug-likeness (QED) is 0.909. The van der Waals surface area contributed by atoms with Gasteiger partial charge in [0.15, 0.2) is 0 Å². The Morgan fingerprint density at radius 3 is 3.24 bits per heavy atom. The lowest BCUT2D eigenvalue weighted by atomic mass is 10.1. The van der Waals surface area contributed by atoms with Gasteiger partial charge in [-0.2, -0.15) is 0 Å². The number of nitrogens with zero attached hydrogens (tertiary/aromatic N) is 2. The molecule has 0 bridgehead atoms. The van der Waals surface area contributed by atoms with Crippen LogP contribution >= 0.6 is 22.9 Å². The van der Waals surface area contributed by atoms with E-state index in [9.17, 15) is 4.79 Å². The first-order valence-corrected chi connectivity index (χ1v) is 8.06. The summed E-state index contributed by atoms with van der Waals surface area (Å²) >= 11 is 7.83. The fourth-order valence-corrected chi connectivity index (χ4v) is 4.08. The molecule has 3 rings (SSSR count). The molecule has 0 aliphatic carbocycles. The Balaban J connectivity index is 1.70. The third kappa shape index (κ3) is 3.45. The van der Waals surface area contributed by atoms with Crippen LogP contribution in [0.2, 0.25) is 5.02 Å². The van der Waals surface area contributed by atoms with Crippen LogP contribution in [0.4, 0.5) is 4.79 Å². The maximum atomic E-state index is 10.7. The third-order valence-corrected chi connectivity index (χ3v) is 5.20. The minimum Gasteiger partial charge on any atom is -0.465 e. The van der Waals surface area contributed by atoms with Crippen molar-refractivity contribution in [3.05, 3.63) is 28.2 Å². The number of pyridine rings is 1. The summed E-state index contributed by atoms with van der Waals surface area (Å²) in [7, 11) is 0. The number of fused-ring (bicyclic) bond motifs is 1. The molecule has 1 saturated heterocycles. The molecule has 0 unspecified atom stereocenters. The van der Waals surface area contributed by atoms with Crippen LogP contribution < -0.4 is 5.32 Å². The van der Waals surface area contributed by atoms with E-state index in [1.165, 1.54) is 4.88 Å². The van der Waals surface area contributed by atoms with Gasteiger partial charge in [-0.05, 0) is 31.5 Å². The Labute approximate surface area is 131 Å². The van der Waals surface area contributed by atoms with Gasteiger partial charge < -0.3 is 10.4 Å². The summed E-state index contributed by atoms with van der Waals surface area (Å²) in [5, 5.41) is 12.1. The Morgan fingerprint density at radius 2 is 2.48 bits per heavy atom. The van der Waals surface area contributed by atoms with Crippen molar-refractivity contribution >= 4 is 39.2 Å². The molecule has 2 N–H and O–H groups in total. The number of likely N-dealkylation sites (tertiary alicyclic amines) is 1. The van der Waals surface area contributed by atoms with E-state index in [2.05, 4.69) is 21.3 Å². The number of thiophene rings is 1. The summed E-state index contributed by atoms with van der Waals surface area (Å²) in [6.45, 7) is 2.56. The molecule has 2 aromatic heterocycles. The molecule has 1 atom stereocenters. The van der Waals surface area contributed by atoms with Gasteiger partial charge in [0.2, 0.25) is 0 Å². The smallest absolute Gasteiger partial charge is 0.404 e. The Morgan fingerprint density at radius 1 is 1.62 bits per heavy atom. The van der Waals surface area contributed by atoms with Gasteiger partial charge in [0, 0.05) is 30.2 Å². The number of piperidine rings is 1. The maximum Gasteiger partial charge on any atom is 0.404 e. The number of hydrogen-bond acceptors (Lipinski definition) is 4. The van der Waals surface area contributed by atoms with Crippen molar-refractivity contribution in [2.75, 3.05) is 13.1 Å². The molecule has 0 spiro atoms. The Hall–Kier alpha value is -1.37. The fraction of sp³-hybridized carbons (Fsp3) is 0.429. The molecular formula is C14H16ClN3O2S.